The molecular formula is C15H16N4. The first kappa shape index (κ1) is 11.9. The van der Waals surface area contributed by atoms with Crippen LogP contribution >= 0.6 is 0 Å². The van der Waals surface area contributed by atoms with E-state index in [1.807, 2.05) is 30.7 Å². The van der Waals surface area contributed by atoms with E-state index in [4.69, 9.17) is 5.73 Å². The summed E-state index contributed by atoms with van der Waals surface area (Å²) in [5.41, 5.74) is 8.72. The van der Waals surface area contributed by atoms with Crippen LogP contribution in [0.3, 0.4) is 0 Å². The lowest BCUT2D eigenvalue weighted by Gasteiger charge is -2.06. The zero-order chi connectivity index (χ0) is 13.4. The lowest BCUT2D eigenvalue weighted by Crippen LogP contribution is -2.07. The number of hydrogen-bond donors (Lipinski definition) is 1. The molecule has 4 heteroatoms. The van der Waals surface area contributed by atoms with E-state index >= 15 is 0 Å². The van der Waals surface area contributed by atoms with Gasteiger partial charge in [0.25, 0.3) is 0 Å². The molecule has 0 aliphatic heterocycles. The molecule has 4 nitrogen and oxygen atoms in total. The molecule has 96 valence electrons. The Balaban J connectivity index is 2.14. The van der Waals surface area contributed by atoms with E-state index < -0.39 is 0 Å². The lowest BCUT2D eigenvalue weighted by molar-refractivity contribution is 0.757. The Morgan fingerprint density at radius 2 is 1.84 bits per heavy atom. The maximum Gasteiger partial charge on any atom is 0.102 e. The Hall–Kier alpha value is -2.20. The van der Waals surface area contributed by atoms with Crippen molar-refractivity contribution in [1.29, 1.82) is 0 Å². The molecule has 0 saturated heterocycles. The Morgan fingerprint density at radius 1 is 1.11 bits per heavy atom. The van der Waals surface area contributed by atoms with E-state index in [0.29, 0.717) is 0 Å². The summed E-state index contributed by atoms with van der Waals surface area (Å²) in [4.78, 5) is 0. The predicted octanol–water partition coefficient (Wildman–Crippen LogP) is 2.75. The van der Waals surface area contributed by atoms with Crippen molar-refractivity contribution in [3.8, 4) is 5.69 Å². The quantitative estimate of drug-likeness (QED) is 0.763. The highest BCUT2D eigenvalue weighted by molar-refractivity contribution is 5.84. The van der Waals surface area contributed by atoms with E-state index in [0.717, 1.165) is 17.1 Å². The highest BCUT2D eigenvalue weighted by Gasteiger charge is 2.13. The second-order valence-electron chi connectivity index (χ2n) is 4.79. The minimum Gasteiger partial charge on any atom is -0.323 e. The molecule has 2 N–H and O–H groups in total. The summed E-state index contributed by atoms with van der Waals surface area (Å²) in [7, 11) is 0. The number of nitrogens with two attached hydrogens (primary N) is 1. The van der Waals surface area contributed by atoms with Crippen LogP contribution in [0, 0.1) is 6.92 Å². The summed E-state index contributed by atoms with van der Waals surface area (Å²) in [6, 6.07) is 14.4. The largest absolute Gasteiger partial charge is 0.323 e. The first-order chi connectivity index (χ1) is 9.16. The Kier molecular flexibility index (Phi) is 2.80. The third-order valence-corrected chi connectivity index (χ3v) is 3.34. The van der Waals surface area contributed by atoms with Crippen LogP contribution in [0.4, 0.5) is 0 Å². The molecule has 1 heterocycles. The molecule has 0 fully saturated rings. The maximum atomic E-state index is 5.88. The van der Waals surface area contributed by atoms with Gasteiger partial charge in [-0.1, -0.05) is 35.5 Å². The number of aromatic nitrogens is 3. The number of benzene rings is 2. The Morgan fingerprint density at radius 3 is 2.53 bits per heavy atom. The van der Waals surface area contributed by atoms with Crippen molar-refractivity contribution in [2.45, 2.75) is 19.9 Å². The van der Waals surface area contributed by atoms with E-state index in [9.17, 15) is 0 Å². The second kappa shape index (κ2) is 4.48. The Labute approximate surface area is 111 Å². The fourth-order valence-corrected chi connectivity index (χ4v) is 2.32. The van der Waals surface area contributed by atoms with Crippen LogP contribution in [0.25, 0.3) is 16.5 Å². The first-order valence-corrected chi connectivity index (χ1v) is 6.34. The van der Waals surface area contributed by atoms with Crippen LogP contribution < -0.4 is 5.73 Å². The van der Waals surface area contributed by atoms with Gasteiger partial charge in [0.05, 0.1) is 11.4 Å². The average Bonchev–Trinajstić information content (AvgIpc) is 2.80. The molecule has 0 aliphatic rings. The molecule has 0 spiro atoms. The molecule has 0 aliphatic carbocycles. The molecule has 1 unspecified atom stereocenters. The zero-order valence-corrected chi connectivity index (χ0v) is 11.0. The van der Waals surface area contributed by atoms with Gasteiger partial charge in [0.1, 0.15) is 5.69 Å². The van der Waals surface area contributed by atoms with Gasteiger partial charge in [0, 0.05) is 6.04 Å². The Bertz CT molecular complexity index is 728. The summed E-state index contributed by atoms with van der Waals surface area (Å²) in [5, 5.41) is 10.8. The van der Waals surface area contributed by atoms with Crippen LogP contribution in [0.1, 0.15) is 24.4 Å². The van der Waals surface area contributed by atoms with Gasteiger partial charge in [-0.05, 0) is 36.8 Å². The molecule has 0 saturated carbocycles. The highest BCUT2D eigenvalue weighted by Crippen LogP contribution is 2.20. The van der Waals surface area contributed by atoms with Crippen molar-refractivity contribution in [2.24, 2.45) is 5.73 Å². The maximum absolute atomic E-state index is 5.88. The molecule has 1 aromatic heterocycles. The van der Waals surface area contributed by atoms with Crippen LogP contribution in [-0.4, -0.2) is 15.0 Å². The summed E-state index contributed by atoms with van der Waals surface area (Å²) in [5.74, 6) is 0. The van der Waals surface area contributed by atoms with Gasteiger partial charge in [0.15, 0.2) is 0 Å². The third kappa shape index (κ3) is 2.00. The minimum absolute atomic E-state index is 0.103. The summed E-state index contributed by atoms with van der Waals surface area (Å²) in [6.45, 7) is 3.91. The van der Waals surface area contributed by atoms with Gasteiger partial charge in [-0.3, -0.25) is 0 Å². The van der Waals surface area contributed by atoms with Gasteiger partial charge < -0.3 is 5.73 Å². The SMILES string of the molecule is Cc1c(C(C)N)nnn1-c1ccc2ccccc2c1. The molecular weight excluding hydrogens is 236 g/mol. The first-order valence-electron chi connectivity index (χ1n) is 6.34. The van der Waals surface area contributed by atoms with Gasteiger partial charge in [-0.15, -0.1) is 5.10 Å². The van der Waals surface area contributed by atoms with Crippen molar-refractivity contribution in [3.63, 3.8) is 0 Å². The van der Waals surface area contributed by atoms with Crippen LogP contribution in [-0.2, 0) is 0 Å². The number of rotatable bonds is 2. The molecule has 0 bridgehead atoms. The van der Waals surface area contributed by atoms with E-state index in [1.54, 1.807) is 0 Å². The molecule has 19 heavy (non-hydrogen) atoms. The molecule has 1 atom stereocenters. The molecule has 3 aromatic rings. The fraction of sp³-hybridized carbons (Fsp3) is 0.200. The normalized spacial score (nSPS) is 12.8. The van der Waals surface area contributed by atoms with Gasteiger partial charge in [0.2, 0.25) is 0 Å². The number of fused-ring (bicyclic) bond motifs is 1. The van der Waals surface area contributed by atoms with Crippen molar-refractivity contribution >= 4 is 10.8 Å². The third-order valence-electron chi connectivity index (χ3n) is 3.34. The predicted molar refractivity (Wildman–Crippen MR) is 76.2 cm³/mol. The summed E-state index contributed by atoms with van der Waals surface area (Å²) >= 11 is 0. The van der Waals surface area contributed by atoms with Gasteiger partial charge >= 0.3 is 0 Å². The molecule has 0 amide bonds. The average molecular weight is 252 g/mol. The van der Waals surface area contributed by atoms with Crippen LogP contribution in [0.15, 0.2) is 42.5 Å². The number of nitrogens with zero attached hydrogens (tertiary/aromatic N) is 3. The monoisotopic (exact) mass is 252 g/mol. The van der Waals surface area contributed by atoms with Gasteiger partial charge in [-0.25, -0.2) is 4.68 Å². The van der Waals surface area contributed by atoms with E-state index in [1.165, 1.54) is 10.8 Å². The van der Waals surface area contributed by atoms with Crippen molar-refractivity contribution in [2.75, 3.05) is 0 Å². The standard InChI is InChI=1S/C15H16N4/c1-10(16)15-11(2)19(18-17-15)14-8-7-12-5-3-4-6-13(12)9-14/h3-10H,16H2,1-2H3. The summed E-state index contributed by atoms with van der Waals surface area (Å²) in [6.07, 6.45) is 0. The minimum atomic E-state index is -0.103. The van der Waals surface area contributed by atoms with Crippen LogP contribution in [0.5, 0.6) is 0 Å². The zero-order valence-electron chi connectivity index (χ0n) is 11.0. The topological polar surface area (TPSA) is 56.7 Å². The van der Waals surface area contributed by atoms with Crippen molar-refractivity contribution in [3.05, 3.63) is 53.9 Å². The lowest BCUT2D eigenvalue weighted by atomic mass is 10.1. The van der Waals surface area contributed by atoms with E-state index in [-0.39, 0.29) is 6.04 Å². The molecule has 2 aromatic carbocycles. The van der Waals surface area contributed by atoms with E-state index in [2.05, 4.69) is 40.6 Å². The highest BCUT2D eigenvalue weighted by atomic mass is 15.4. The van der Waals surface area contributed by atoms with Crippen LogP contribution in [0.2, 0.25) is 0 Å². The van der Waals surface area contributed by atoms with Gasteiger partial charge in [-0.2, -0.15) is 0 Å². The molecule has 0 radical (unpaired) electrons. The fourth-order valence-electron chi connectivity index (χ4n) is 2.32. The second-order valence-corrected chi connectivity index (χ2v) is 4.79. The molecule has 3 rings (SSSR count). The smallest absolute Gasteiger partial charge is 0.102 e. The summed E-state index contributed by atoms with van der Waals surface area (Å²) < 4.78 is 1.84. The van der Waals surface area contributed by atoms with Crippen molar-refractivity contribution < 1.29 is 0 Å². The number of hydrogen-bond acceptors (Lipinski definition) is 3. The van der Waals surface area contributed by atoms with Crippen molar-refractivity contribution in [1.82, 2.24) is 15.0 Å².